The van der Waals surface area contributed by atoms with Gasteiger partial charge in [-0.3, -0.25) is 14.4 Å². The average Bonchev–Trinajstić information content (AvgIpc) is 3.32. The number of amides is 2. The standard InChI is InChI=1S/C24H29ClN4O4/c1-4-29(10-9-21(26)30)16-7-8-17(14(2)12-16)27-18-13-19(23(31)22(25)15(18)3)28-24(32)20-6-5-11-33-20/h7-8,12-13,20H,4-6,9-11H2,1-3H3,(H2,26,30)(H,28,32). The Labute approximate surface area is 198 Å². The number of nitrogens with zero attached hydrogens (tertiary/aromatic N) is 2. The minimum atomic E-state index is -0.560. The molecule has 2 aliphatic rings. The number of nitrogens with one attached hydrogen (secondary N) is 1. The maximum atomic E-state index is 12.6. The fraction of sp³-hybridized carbons (Fsp3) is 0.417. The van der Waals surface area contributed by atoms with E-state index >= 15 is 0 Å². The molecule has 0 bridgehead atoms. The fourth-order valence-electron chi connectivity index (χ4n) is 3.72. The lowest BCUT2D eigenvalue weighted by Crippen LogP contribution is -2.37. The zero-order valence-electron chi connectivity index (χ0n) is 19.1. The molecule has 0 saturated carbocycles. The van der Waals surface area contributed by atoms with E-state index in [0.717, 1.165) is 24.2 Å². The highest BCUT2D eigenvalue weighted by Gasteiger charge is 2.29. The van der Waals surface area contributed by atoms with Crippen LogP contribution in [0, 0.1) is 6.92 Å². The molecule has 3 N–H and O–H groups in total. The molecule has 0 radical (unpaired) electrons. The minimum Gasteiger partial charge on any atom is -0.371 e. The van der Waals surface area contributed by atoms with Crippen LogP contribution in [0.1, 0.15) is 38.7 Å². The molecule has 1 heterocycles. The topological polar surface area (TPSA) is 114 Å². The van der Waals surface area contributed by atoms with Gasteiger partial charge in [0.2, 0.25) is 11.7 Å². The molecule has 176 valence electrons. The van der Waals surface area contributed by atoms with Crippen molar-refractivity contribution in [2.24, 2.45) is 10.7 Å². The van der Waals surface area contributed by atoms with Crippen LogP contribution in [-0.2, 0) is 19.1 Å². The van der Waals surface area contributed by atoms with Crippen molar-refractivity contribution < 1.29 is 19.1 Å². The van der Waals surface area contributed by atoms with Gasteiger partial charge in [-0.1, -0.05) is 11.6 Å². The van der Waals surface area contributed by atoms with Crippen LogP contribution >= 0.6 is 11.6 Å². The first-order valence-corrected chi connectivity index (χ1v) is 11.4. The second-order valence-corrected chi connectivity index (χ2v) is 8.46. The Hall–Kier alpha value is -2.97. The summed E-state index contributed by atoms with van der Waals surface area (Å²) in [5.74, 6) is -1.14. The molecule has 1 atom stereocenters. The molecule has 0 aromatic heterocycles. The van der Waals surface area contributed by atoms with Gasteiger partial charge in [0.15, 0.2) is 0 Å². The summed E-state index contributed by atoms with van der Waals surface area (Å²) in [5, 5.41) is 2.68. The number of aliphatic imine (C=N–C) groups is 1. The summed E-state index contributed by atoms with van der Waals surface area (Å²) < 4.78 is 5.39. The van der Waals surface area contributed by atoms with Crippen molar-refractivity contribution in [1.82, 2.24) is 5.32 Å². The number of carbonyl (C=O) groups excluding carboxylic acids is 3. The Morgan fingerprint density at radius 1 is 1.33 bits per heavy atom. The van der Waals surface area contributed by atoms with Gasteiger partial charge >= 0.3 is 0 Å². The molecular weight excluding hydrogens is 444 g/mol. The molecule has 1 fully saturated rings. The highest BCUT2D eigenvalue weighted by Crippen LogP contribution is 2.29. The largest absolute Gasteiger partial charge is 0.371 e. The Morgan fingerprint density at radius 3 is 2.70 bits per heavy atom. The molecule has 1 aromatic carbocycles. The minimum absolute atomic E-state index is 0.0248. The maximum Gasteiger partial charge on any atom is 0.253 e. The molecule has 1 aliphatic heterocycles. The average molecular weight is 473 g/mol. The molecule has 1 unspecified atom stereocenters. The zero-order chi connectivity index (χ0) is 24.1. The number of benzene rings is 1. The number of carbonyl (C=O) groups is 3. The second kappa shape index (κ2) is 10.8. The van der Waals surface area contributed by atoms with E-state index in [2.05, 4.69) is 10.2 Å². The lowest BCUT2D eigenvalue weighted by molar-refractivity contribution is -0.130. The molecule has 8 nitrogen and oxygen atoms in total. The predicted molar refractivity (Wildman–Crippen MR) is 129 cm³/mol. The van der Waals surface area contributed by atoms with E-state index in [0.29, 0.717) is 36.5 Å². The number of anilines is 1. The number of ether oxygens (including phenoxy) is 1. The Balaban J connectivity index is 1.86. The number of aryl methyl sites for hydroxylation is 1. The number of nitrogens with two attached hydrogens (primary N) is 1. The molecule has 1 aliphatic carbocycles. The van der Waals surface area contributed by atoms with Gasteiger partial charge < -0.3 is 20.7 Å². The van der Waals surface area contributed by atoms with E-state index in [-0.39, 0.29) is 29.0 Å². The molecule has 33 heavy (non-hydrogen) atoms. The van der Waals surface area contributed by atoms with Gasteiger partial charge in [0.05, 0.1) is 22.1 Å². The van der Waals surface area contributed by atoms with E-state index in [1.165, 1.54) is 0 Å². The molecule has 0 spiro atoms. The monoisotopic (exact) mass is 472 g/mol. The first-order chi connectivity index (χ1) is 15.7. The highest BCUT2D eigenvalue weighted by molar-refractivity contribution is 6.49. The van der Waals surface area contributed by atoms with Crippen molar-refractivity contribution in [2.45, 2.75) is 46.1 Å². The van der Waals surface area contributed by atoms with E-state index in [4.69, 9.17) is 27.1 Å². The van der Waals surface area contributed by atoms with Gasteiger partial charge in [0.1, 0.15) is 6.10 Å². The van der Waals surface area contributed by atoms with Crippen LogP contribution in [0.2, 0.25) is 0 Å². The third-order valence-corrected chi connectivity index (χ3v) is 6.17. The van der Waals surface area contributed by atoms with Crippen LogP contribution in [-0.4, -0.2) is 49.1 Å². The Morgan fingerprint density at radius 2 is 2.09 bits per heavy atom. The van der Waals surface area contributed by atoms with Gasteiger partial charge in [-0.25, -0.2) is 4.99 Å². The number of primary amides is 1. The number of Topliss-reactive ketones (excluding diaryl/α,β-unsaturated/α-hetero) is 1. The molecule has 3 rings (SSSR count). The van der Waals surface area contributed by atoms with Crippen molar-refractivity contribution in [2.75, 3.05) is 24.6 Å². The molecule has 2 amide bonds. The van der Waals surface area contributed by atoms with E-state index < -0.39 is 11.9 Å². The zero-order valence-corrected chi connectivity index (χ0v) is 19.9. The van der Waals surface area contributed by atoms with Crippen molar-refractivity contribution in [3.05, 3.63) is 46.1 Å². The molecule has 1 aromatic rings. The summed E-state index contributed by atoms with van der Waals surface area (Å²) >= 11 is 6.28. The van der Waals surface area contributed by atoms with Crippen molar-refractivity contribution in [1.29, 1.82) is 0 Å². The van der Waals surface area contributed by atoms with Crippen LogP contribution < -0.4 is 16.0 Å². The van der Waals surface area contributed by atoms with E-state index in [9.17, 15) is 14.4 Å². The summed E-state index contributed by atoms with van der Waals surface area (Å²) in [7, 11) is 0. The summed E-state index contributed by atoms with van der Waals surface area (Å²) in [6, 6.07) is 5.79. The number of allylic oxidation sites excluding steroid dienone is 3. The van der Waals surface area contributed by atoms with Crippen LogP contribution in [0.3, 0.4) is 0 Å². The summed E-state index contributed by atoms with van der Waals surface area (Å²) in [5.41, 5.74) is 8.99. The Bertz CT molecular complexity index is 1050. The van der Waals surface area contributed by atoms with Crippen LogP contribution in [0.4, 0.5) is 11.4 Å². The molecule has 9 heteroatoms. The second-order valence-electron chi connectivity index (χ2n) is 8.08. The third-order valence-electron chi connectivity index (χ3n) is 5.71. The maximum absolute atomic E-state index is 12.6. The SMILES string of the molecule is CCN(CCC(N)=O)c1ccc(N=C2C=C(NC(=O)C3CCCO3)C(=O)C(Cl)=C2C)c(C)c1. The van der Waals surface area contributed by atoms with Gasteiger partial charge in [0, 0.05) is 31.8 Å². The quantitative estimate of drug-likeness (QED) is 0.564. The summed E-state index contributed by atoms with van der Waals surface area (Å²) in [6.07, 6.45) is 2.70. The van der Waals surface area contributed by atoms with Crippen molar-refractivity contribution in [3.63, 3.8) is 0 Å². The first kappa shape index (κ1) is 24.7. The fourth-order valence-corrected chi connectivity index (χ4v) is 3.92. The third kappa shape index (κ3) is 5.89. The van der Waals surface area contributed by atoms with Crippen LogP contribution in [0.25, 0.3) is 0 Å². The molecular formula is C24H29ClN4O4. The Kier molecular flexibility index (Phi) is 8.05. The summed E-state index contributed by atoms with van der Waals surface area (Å²) in [6.45, 7) is 7.47. The van der Waals surface area contributed by atoms with Crippen molar-refractivity contribution >= 4 is 46.3 Å². The smallest absolute Gasteiger partial charge is 0.253 e. The summed E-state index contributed by atoms with van der Waals surface area (Å²) in [4.78, 5) is 43.0. The van der Waals surface area contributed by atoms with E-state index in [1.54, 1.807) is 13.0 Å². The number of halogens is 1. The van der Waals surface area contributed by atoms with Gasteiger partial charge in [-0.05, 0) is 69.0 Å². The number of hydrogen-bond donors (Lipinski definition) is 2. The van der Waals surface area contributed by atoms with Gasteiger partial charge in [-0.15, -0.1) is 0 Å². The number of rotatable bonds is 8. The molecule has 1 saturated heterocycles. The van der Waals surface area contributed by atoms with E-state index in [1.807, 2.05) is 32.0 Å². The lowest BCUT2D eigenvalue weighted by Gasteiger charge is -2.23. The lowest BCUT2D eigenvalue weighted by atomic mass is 10.0. The normalized spacial score (nSPS) is 19.6. The van der Waals surface area contributed by atoms with Crippen LogP contribution in [0.15, 0.2) is 45.6 Å². The number of ketones is 1. The first-order valence-electron chi connectivity index (χ1n) is 11.0. The van der Waals surface area contributed by atoms with Crippen LogP contribution in [0.5, 0.6) is 0 Å². The highest BCUT2D eigenvalue weighted by atomic mass is 35.5. The van der Waals surface area contributed by atoms with Gasteiger partial charge in [-0.2, -0.15) is 0 Å². The van der Waals surface area contributed by atoms with Crippen molar-refractivity contribution in [3.8, 4) is 0 Å². The number of hydrogen-bond acceptors (Lipinski definition) is 6. The van der Waals surface area contributed by atoms with Gasteiger partial charge in [0.25, 0.3) is 5.91 Å². The predicted octanol–water partition coefficient (Wildman–Crippen LogP) is 3.04.